The zero-order valence-corrected chi connectivity index (χ0v) is 15.4. The normalized spacial score (nSPS) is 11.8. The van der Waals surface area contributed by atoms with Crippen molar-refractivity contribution in [2.75, 3.05) is 6.61 Å². The Hall–Kier alpha value is -2.93. The number of carbonyl (C=O) groups excluding carboxylic acids is 2. The molecule has 2 rings (SSSR count). The van der Waals surface area contributed by atoms with Crippen LogP contribution in [-0.2, 0) is 9.53 Å². The first-order chi connectivity index (χ1) is 13.0. The van der Waals surface area contributed by atoms with Crippen LogP contribution in [-0.4, -0.2) is 24.8 Å². The van der Waals surface area contributed by atoms with Crippen LogP contribution in [0.3, 0.4) is 0 Å². The fraction of sp³-hybridized carbons (Fsp3) is 0.211. The molecular weight excluding hydrogens is 373 g/mol. The van der Waals surface area contributed by atoms with E-state index in [1.807, 2.05) is 6.07 Å². The second-order valence-electron chi connectivity index (χ2n) is 5.46. The molecule has 0 aromatic heterocycles. The van der Waals surface area contributed by atoms with Crippen LogP contribution in [0.5, 0.6) is 0 Å². The zero-order chi connectivity index (χ0) is 19.6. The van der Waals surface area contributed by atoms with E-state index in [0.717, 1.165) is 11.8 Å². The van der Waals surface area contributed by atoms with E-state index in [-0.39, 0.29) is 23.6 Å². The Morgan fingerprint density at radius 2 is 1.96 bits per heavy atom. The molecule has 0 heterocycles. The van der Waals surface area contributed by atoms with Crippen LogP contribution < -0.4 is 10.7 Å². The lowest BCUT2D eigenvalue weighted by Gasteiger charge is -2.18. The van der Waals surface area contributed by atoms with Crippen LogP contribution in [0.4, 0.5) is 9.18 Å². The highest BCUT2D eigenvalue weighted by Gasteiger charge is 2.18. The van der Waals surface area contributed by atoms with Crippen LogP contribution >= 0.6 is 11.6 Å². The highest BCUT2D eigenvalue weighted by Crippen LogP contribution is 2.18. The van der Waals surface area contributed by atoms with Crippen LogP contribution in [0.25, 0.3) is 0 Å². The molecule has 0 fully saturated rings. The predicted molar refractivity (Wildman–Crippen MR) is 101 cm³/mol. The SMILES string of the molecule is CCOC(=O)N[C@@H](CC(=O)N/N=C\c1c(F)cccc1Cl)c1ccccc1. The smallest absolute Gasteiger partial charge is 0.407 e. The van der Waals surface area contributed by atoms with E-state index >= 15 is 0 Å². The maximum atomic E-state index is 13.7. The molecule has 8 heteroatoms. The van der Waals surface area contributed by atoms with Crippen molar-refractivity contribution in [2.24, 2.45) is 5.10 Å². The van der Waals surface area contributed by atoms with Crippen molar-refractivity contribution in [2.45, 2.75) is 19.4 Å². The lowest BCUT2D eigenvalue weighted by atomic mass is 10.0. The number of rotatable bonds is 7. The van der Waals surface area contributed by atoms with Crippen LogP contribution in [0.1, 0.15) is 30.5 Å². The number of alkyl carbamates (subject to hydrolysis) is 1. The van der Waals surface area contributed by atoms with Crippen molar-refractivity contribution < 1.29 is 18.7 Å². The third kappa shape index (κ3) is 6.38. The Bertz CT molecular complexity index is 795. The first kappa shape index (κ1) is 20.4. The molecule has 2 aromatic rings. The standard InChI is InChI=1S/C19H19ClFN3O3/c1-2-27-19(26)23-17(13-7-4-3-5-8-13)11-18(25)24-22-12-14-15(20)9-6-10-16(14)21/h3-10,12,17H,2,11H2,1H3,(H,23,26)(H,24,25)/b22-12-/t17-/m0/s1. The Labute approximate surface area is 161 Å². The molecule has 0 aliphatic heterocycles. The van der Waals surface area contributed by atoms with Gasteiger partial charge in [0.2, 0.25) is 5.91 Å². The van der Waals surface area contributed by atoms with Crippen molar-refractivity contribution in [1.82, 2.24) is 10.7 Å². The molecule has 0 radical (unpaired) electrons. The monoisotopic (exact) mass is 391 g/mol. The molecule has 0 aliphatic carbocycles. The summed E-state index contributed by atoms with van der Waals surface area (Å²) < 4.78 is 18.5. The van der Waals surface area contributed by atoms with Crippen molar-refractivity contribution in [3.63, 3.8) is 0 Å². The molecule has 0 bridgehead atoms. The first-order valence-corrected chi connectivity index (χ1v) is 8.63. The van der Waals surface area contributed by atoms with E-state index in [1.165, 1.54) is 18.2 Å². The number of halogens is 2. The Balaban J connectivity index is 2.02. The maximum Gasteiger partial charge on any atom is 0.407 e. The van der Waals surface area contributed by atoms with E-state index in [0.29, 0.717) is 0 Å². The number of hydrazone groups is 1. The molecule has 142 valence electrons. The number of amides is 2. The molecule has 0 saturated heterocycles. The first-order valence-electron chi connectivity index (χ1n) is 8.25. The molecular formula is C19H19ClFN3O3. The maximum absolute atomic E-state index is 13.7. The number of nitrogens with zero attached hydrogens (tertiary/aromatic N) is 1. The summed E-state index contributed by atoms with van der Waals surface area (Å²) in [5.41, 5.74) is 3.11. The minimum atomic E-state index is -0.624. The average molecular weight is 392 g/mol. The minimum Gasteiger partial charge on any atom is -0.450 e. The second-order valence-corrected chi connectivity index (χ2v) is 5.87. The van der Waals surface area contributed by atoms with Crippen LogP contribution in [0.15, 0.2) is 53.6 Å². The van der Waals surface area contributed by atoms with Gasteiger partial charge in [-0.15, -0.1) is 0 Å². The number of carbonyl (C=O) groups is 2. The summed E-state index contributed by atoms with van der Waals surface area (Å²) in [6.07, 6.45) is 0.428. The summed E-state index contributed by atoms with van der Waals surface area (Å²) >= 11 is 5.89. The number of hydrogen-bond acceptors (Lipinski definition) is 4. The van der Waals surface area contributed by atoms with Gasteiger partial charge in [-0.05, 0) is 24.6 Å². The summed E-state index contributed by atoms with van der Waals surface area (Å²) in [4.78, 5) is 23.9. The molecule has 2 aromatic carbocycles. The van der Waals surface area contributed by atoms with Gasteiger partial charge in [0, 0.05) is 5.56 Å². The largest absolute Gasteiger partial charge is 0.450 e. The number of hydrogen-bond donors (Lipinski definition) is 2. The van der Waals surface area contributed by atoms with Crippen molar-refractivity contribution in [1.29, 1.82) is 0 Å². The van der Waals surface area contributed by atoms with Gasteiger partial charge in [0.25, 0.3) is 0 Å². The van der Waals surface area contributed by atoms with Gasteiger partial charge in [-0.2, -0.15) is 5.10 Å². The van der Waals surface area contributed by atoms with Gasteiger partial charge in [-0.25, -0.2) is 14.6 Å². The van der Waals surface area contributed by atoms with Crippen molar-refractivity contribution in [3.8, 4) is 0 Å². The molecule has 0 aliphatic rings. The molecule has 27 heavy (non-hydrogen) atoms. The summed E-state index contributed by atoms with van der Waals surface area (Å²) in [6.45, 7) is 1.90. The quantitative estimate of drug-likeness (QED) is 0.556. The Morgan fingerprint density at radius 3 is 2.63 bits per heavy atom. The summed E-state index contributed by atoms with van der Waals surface area (Å²) in [5.74, 6) is -1.02. The Kier molecular flexibility index (Phi) is 7.76. The van der Waals surface area contributed by atoms with Gasteiger partial charge in [-0.1, -0.05) is 48.0 Å². The average Bonchev–Trinajstić information content (AvgIpc) is 2.64. The number of benzene rings is 2. The van der Waals surface area contributed by atoms with Crippen LogP contribution in [0, 0.1) is 5.82 Å². The van der Waals surface area contributed by atoms with Crippen molar-refractivity contribution >= 4 is 29.8 Å². The van der Waals surface area contributed by atoms with Gasteiger partial charge >= 0.3 is 6.09 Å². The molecule has 0 saturated carbocycles. The third-order valence-corrected chi connectivity index (χ3v) is 3.87. The summed E-state index contributed by atoms with van der Waals surface area (Å²) in [6, 6.07) is 12.6. The summed E-state index contributed by atoms with van der Waals surface area (Å²) in [7, 11) is 0. The van der Waals surface area contributed by atoms with Gasteiger partial charge in [0.15, 0.2) is 0 Å². The lowest BCUT2D eigenvalue weighted by molar-refractivity contribution is -0.121. The Morgan fingerprint density at radius 1 is 1.22 bits per heavy atom. The number of ether oxygens (including phenoxy) is 1. The van der Waals surface area contributed by atoms with E-state index in [9.17, 15) is 14.0 Å². The molecule has 0 spiro atoms. The van der Waals surface area contributed by atoms with Gasteiger partial charge in [-0.3, -0.25) is 4.79 Å². The third-order valence-electron chi connectivity index (χ3n) is 3.54. The van der Waals surface area contributed by atoms with E-state index in [2.05, 4.69) is 15.8 Å². The minimum absolute atomic E-state index is 0.0729. The lowest BCUT2D eigenvalue weighted by Crippen LogP contribution is -2.33. The predicted octanol–water partition coefficient (Wildman–Crippen LogP) is 3.81. The fourth-order valence-corrected chi connectivity index (χ4v) is 2.50. The van der Waals surface area contributed by atoms with Crippen LogP contribution in [0.2, 0.25) is 5.02 Å². The van der Waals surface area contributed by atoms with Gasteiger partial charge in [0.1, 0.15) is 5.82 Å². The molecule has 6 nitrogen and oxygen atoms in total. The summed E-state index contributed by atoms with van der Waals surface area (Å²) in [5, 5.41) is 6.55. The topological polar surface area (TPSA) is 79.8 Å². The highest BCUT2D eigenvalue weighted by molar-refractivity contribution is 6.33. The van der Waals surface area contributed by atoms with E-state index < -0.39 is 23.9 Å². The van der Waals surface area contributed by atoms with E-state index in [1.54, 1.807) is 31.2 Å². The zero-order valence-electron chi connectivity index (χ0n) is 14.6. The van der Waals surface area contributed by atoms with Gasteiger partial charge in [0.05, 0.1) is 30.3 Å². The van der Waals surface area contributed by atoms with Gasteiger partial charge < -0.3 is 10.1 Å². The molecule has 1 atom stereocenters. The number of nitrogens with one attached hydrogen (secondary N) is 2. The molecule has 2 N–H and O–H groups in total. The molecule has 2 amide bonds. The van der Waals surface area contributed by atoms with Crippen molar-refractivity contribution in [3.05, 3.63) is 70.5 Å². The second kappa shape index (κ2) is 10.3. The molecule has 0 unspecified atom stereocenters. The fourth-order valence-electron chi connectivity index (χ4n) is 2.29. The van der Waals surface area contributed by atoms with E-state index in [4.69, 9.17) is 16.3 Å². The highest BCUT2D eigenvalue weighted by atomic mass is 35.5.